The normalized spacial score (nSPS) is 17.1. The number of aromatic nitrogens is 2. The number of hydrogen-bond donors (Lipinski definition) is 1. The van der Waals surface area contributed by atoms with Crippen molar-refractivity contribution in [2.24, 2.45) is 0 Å². The van der Waals surface area contributed by atoms with Gasteiger partial charge in [0, 0.05) is 12.2 Å². The number of nitrogens with one attached hydrogen (secondary N) is 1. The Morgan fingerprint density at radius 3 is 2.72 bits per heavy atom. The summed E-state index contributed by atoms with van der Waals surface area (Å²) in [5, 5.41) is 3.06. The first-order chi connectivity index (χ1) is 8.78. The summed E-state index contributed by atoms with van der Waals surface area (Å²) in [4.78, 5) is 26.2. The van der Waals surface area contributed by atoms with Crippen LogP contribution in [0.3, 0.4) is 0 Å². The smallest absolute Gasteiger partial charge is 0.240 e. The van der Waals surface area contributed by atoms with Crippen LogP contribution in [0.5, 0.6) is 0 Å². The van der Waals surface area contributed by atoms with Crippen LogP contribution in [-0.2, 0) is 11.3 Å². The Morgan fingerprint density at radius 1 is 1.39 bits per heavy atom. The van der Waals surface area contributed by atoms with E-state index in [1.807, 2.05) is 0 Å². The number of rotatable bonds is 4. The molecular weight excluding hydrogens is 230 g/mol. The molecule has 0 spiro atoms. The maximum atomic E-state index is 11.8. The highest BCUT2D eigenvalue weighted by molar-refractivity contribution is 5.76. The summed E-state index contributed by atoms with van der Waals surface area (Å²) in [6.07, 6.45) is 10.9. The molecule has 0 atom stereocenters. The van der Waals surface area contributed by atoms with E-state index in [4.69, 9.17) is 0 Å². The van der Waals surface area contributed by atoms with Crippen LogP contribution in [0, 0.1) is 0 Å². The molecule has 0 radical (unpaired) electrons. The molecule has 1 aliphatic carbocycles. The molecule has 1 aliphatic rings. The average Bonchev–Trinajstić information content (AvgIpc) is 2.65. The molecule has 0 unspecified atom stereocenters. The number of imidazole rings is 1. The standard InChI is InChI=1S/C13H19N3O2/c17-9-12-7-16(10-14-12)8-13(18)15-11-5-3-1-2-4-6-11/h7,9-11H,1-6,8H2,(H,15,18). The Bertz CT molecular complexity index is 406. The molecule has 0 bridgehead atoms. The number of hydrogen-bond acceptors (Lipinski definition) is 3. The van der Waals surface area contributed by atoms with Gasteiger partial charge in [0.15, 0.2) is 6.29 Å². The van der Waals surface area contributed by atoms with Crippen molar-refractivity contribution in [3.63, 3.8) is 0 Å². The van der Waals surface area contributed by atoms with Crippen LogP contribution >= 0.6 is 0 Å². The second-order valence-electron chi connectivity index (χ2n) is 4.84. The first-order valence-electron chi connectivity index (χ1n) is 6.54. The number of carbonyl (C=O) groups is 2. The van der Waals surface area contributed by atoms with Gasteiger partial charge in [-0.1, -0.05) is 25.7 Å². The molecule has 5 heteroatoms. The second kappa shape index (κ2) is 6.33. The van der Waals surface area contributed by atoms with Crippen LogP contribution in [0.2, 0.25) is 0 Å². The van der Waals surface area contributed by atoms with Gasteiger partial charge in [0.1, 0.15) is 12.2 Å². The van der Waals surface area contributed by atoms with E-state index < -0.39 is 0 Å². The molecule has 1 heterocycles. The van der Waals surface area contributed by atoms with Gasteiger partial charge in [-0.15, -0.1) is 0 Å². The van der Waals surface area contributed by atoms with E-state index in [0.717, 1.165) is 12.8 Å². The fourth-order valence-corrected chi connectivity index (χ4v) is 2.39. The van der Waals surface area contributed by atoms with Crippen molar-refractivity contribution in [2.45, 2.75) is 51.1 Å². The molecule has 0 aliphatic heterocycles. The fourth-order valence-electron chi connectivity index (χ4n) is 2.39. The van der Waals surface area contributed by atoms with Gasteiger partial charge in [-0.25, -0.2) is 4.98 Å². The van der Waals surface area contributed by atoms with Gasteiger partial charge in [-0.05, 0) is 12.8 Å². The van der Waals surface area contributed by atoms with Crippen molar-refractivity contribution < 1.29 is 9.59 Å². The van der Waals surface area contributed by atoms with Crippen LogP contribution in [0.25, 0.3) is 0 Å². The molecule has 5 nitrogen and oxygen atoms in total. The van der Waals surface area contributed by atoms with E-state index in [1.165, 1.54) is 32.0 Å². The van der Waals surface area contributed by atoms with Crippen LogP contribution < -0.4 is 5.32 Å². The van der Waals surface area contributed by atoms with Crippen LogP contribution in [0.15, 0.2) is 12.5 Å². The quantitative estimate of drug-likeness (QED) is 0.650. The molecule has 1 N–H and O–H groups in total. The minimum Gasteiger partial charge on any atom is -0.352 e. The highest BCUT2D eigenvalue weighted by Crippen LogP contribution is 2.17. The monoisotopic (exact) mass is 249 g/mol. The summed E-state index contributed by atoms with van der Waals surface area (Å²) in [5.41, 5.74) is 0.359. The molecule has 0 aromatic carbocycles. The highest BCUT2D eigenvalue weighted by atomic mass is 16.2. The molecular formula is C13H19N3O2. The molecule has 1 saturated carbocycles. The van der Waals surface area contributed by atoms with E-state index in [1.54, 1.807) is 10.8 Å². The third-order valence-electron chi connectivity index (χ3n) is 3.32. The lowest BCUT2D eigenvalue weighted by Gasteiger charge is -2.16. The summed E-state index contributed by atoms with van der Waals surface area (Å²) < 4.78 is 1.63. The summed E-state index contributed by atoms with van der Waals surface area (Å²) in [7, 11) is 0. The predicted molar refractivity (Wildman–Crippen MR) is 67.2 cm³/mol. The van der Waals surface area contributed by atoms with E-state index in [-0.39, 0.29) is 12.5 Å². The van der Waals surface area contributed by atoms with Gasteiger partial charge in [0.05, 0.1) is 6.33 Å². The lowest BCUT2D eigenvalue weighted by Crippen LogP contribution is -2.36. The van der Waals surface area contributed by atoms with Crippen molar-refractivity contribution in [3.05, 3.63) is 18.2 Å². The molecule has 18 heavy (non-hydrogen) atoms. The third-order valence-corrected chi connectivity index (χ3v) is 3.32. The Kier molecular flexibility index (Phi) is 4.50. The summed E-state index contributed by atoms with van der Waals surface area (Å²) in [5.74, 6) is -0.00301. The fraction of sp³-hybridized carbons (Fsp3) is 0.615. The van der Waals surface area contributed by atoms with Gasteiger partial charge in [0.25, 0.3) is 0 Å². The Balaban J connectivity index is 1.82. The zero-order valence-electron chi connectivity index (χ0n) is 10.5. The maximum absolute atomic E-state index is 11.8. The summed E-state index contributed by atoms with van der Waals surface area (Å²) in [6.45, 7) is 0.233. The zero-order chi connectivity index (χ0) is 12.8. The van der Waals surface area contributed by atoms with Crippen LogP contribution in [0.1, 0.15) is 49.0 Å². The SMILES string of the molecule is O=Cc1cn(CC(=O)NC2CCCCCC2)cn1. The van der Waals surface area contributed by atoms with Crippen LogP contribution in [0.4, 0.5) is 0 Å². The number of carbonyl (C=O) groups excluding carboxylic acids is 2. The van der Waals surface area contributed by atoms with Gasteiger partial charge in [-0.2, -0.15) is 0 Å². The molecule has 1 amide bonds. The van der Waals surface area contributed by atoms with Gasteiger partial charge in [-0.3, -0.25) is 9.59 Å². The van der Waals surface area contributed by atoms with Crippen molar-refractivity contribution in [2.75, 3.05) is 0 Å². The minimum absolute atomic E-state index is 0.00301. The second-order valence-corrected chi connectivity index (χ2v) is 4.84. The van der Waals surface area contributed by atoms with Crippen LogP contribution in [-0.4, -0.2) is 27.8 Å². The summed E-state index contributed by atoms with van der Waals surface area (Å²) in [6, 6.07) is 0.314. The Hall–Kier alpha value is -1.65. The molecule has 1 aromatic heterocycles. The topological polar surface area (TPSA) is 64.0 Å². The van der Waals surface area contributed by atoms with E-state index in [0.29, 0.717) is 18.0 Å². The van der Waals surface area contributed by atoms with Crippen molar-refractivity contribution in [3.8, 4) is 0 Å². The predicted octanol–water partition coefficient (Wildman–Crippen LogP) is 1.53. The highest BCUT2D eigenvalue weighted by Gasteiger charge is 2.14. The maximum Gasteiger partial charge on any atom is 0.240 e. The van der Waals surface area contributed by atoms with Crippen molar-refractivity contribution in [1.82, 2.24) is 14.9 Å². The first kappa shape index (κ1) is 12.8. The lowest BCUT2D eigenvalue weighted by molar-refractivity contribution is -0.122. The number of nitrogens with zero attached hydrogens (tertiary/aromatic N) is 2. The van der Waals surface area contributed by atoms with Crippen molar-refractivity contribution in [1.29, 1.82) is 0 Å². The number of amides is 1. The van der Waals surface area contributed by atoms with E-state index in [9.17, 15) is 9.59 Å². The average molecular weight is 249 g/mol. The third kappa shape index (κ3) is 3.68. The van der Waals surface area contributed by atoms with E-state index in [2.05, 4.69) is 10.3 Å². The van der Waals surface area contributed by atoms with Gasteiger partial charge in [0.2, 0.25) is 5.91 Å². The lowest BCUT2D eigenvalue weighted by atomic mass is 10.1. The molecule has 0 saturated heterocycles. The van der Waals surface area contributed by atoms with Gasteiger partial charge < -0.3 is 9.88 Å². The van der Waals surface area contributed by atoms with E-state index >= 15 is 0 Å². The van der Waals surface area contributed by atoms with Crippen molar-refractivity contribution >= 4 is 12.2 Å². The first-order valence-corrected chi connectivity index (χ1v) is 6.54. The molecule has 1 aromatic rings. The largest absolute Gasteiger partial charge is 0.352 e. The molecule has 1 fully saturated rings. The van der Waals surface area contributed by atoms with Gasteiger partial charge >= 0.3 is 0 Å². The number of aldehydes is 1. The zero-order valence-corrected chi connectivity index (χ0v) is 10.5. The molecule has 98 valence electrons. The Labute approximate surface area is 107 Å². The summed E-state index contributed by atoms with van der Waals surface area (Å²) >= 11 is 0. The minimum atomic E-state index is -0.00301. The Morgan fingerprint density at radius 2 is 2.11 bits per heavy atom. The molecule has 2 rings (SSSR count).